The van der Waals surface area contributed by atoms with Crippen molar-refractivity contribution < 1.29 is 23.1 Å². The lowest BCUT2D eigenvalue weighted by atomic mass is 10.0. The minimum atomic E-state index is -0.719. The average molecular weight is 562 g/mol. The summed E-state index contributed by atoms with van der Waals surface area (Å²) < 4.78 is 33.7. The van der Waals surface area contributed by atoms with Crippen LogP contribution in [0.4, 0.5) is 14.5 Å². The first-order valence-electron chi connectivity index (χ1n) is 13.2. The van der Waals surface area contributed by atoms with Crippen molar-refractivity contribution in [2.24, 2.45) is 0 Å². The van der Waals surface area contributed by atoms with Crippen LogP contribution in [0.1, 0.15) is 46.2 Å². The number of hydrogen-bond acceptors (Lipinski definition) is 5. The maximum Gasteiger partial charge on any atom is 0.345 e. The average Bonchev–Trinajstić information content (AvgIpc) is 2.95. The number of piperazine rings is 1. The molecular weight excluding hydrogens is 528 g/mol. The number of rotatable bonds is 6. The molecule has 2 heterocycles. The van der Waals surface area contributed by atoms with Gasteiger partial charge in [0.15, 0.2) is 0 Å². The van der Waals surface area contributed by atoms with Crippen LogP contribution in [0.2, 0.25) is 0 Å². The Balaban J connectivity index is 0.00000387. The molecule has 1 aliphatic heterocycles. The van der Waals surface area contributed by atoms with Crippen LogP contribution in [0.5, 0.6) is 0 Å². The minimum absolute atomic E-state index is 0. The van der Waals surface area contributed by atoms with Gasteiger partial charge in [-0.2, -0.15) is 0 Å². The quantitative estimate of drug-likeness (QED) is 0.295. The highest BCUT2D eigenvalue weighted by molar-refractivity contribution is 6.06. The molecule has 0 saturated carbocycles. The van der Waals surface area contributed by atoms with Gasteiger partial charge in [0.25, 0.3) is 11.5 Å². The first-order chi connectivity index (χ1) is 19.3. The van der Waals surface area contributed by atoms with Gasteiger partial charge in [0.05, 0.1) is 24.4 Å². The van der Waals surface area contributed by atoms with Crippen LogP contribution in [-0.2, 0) is 11.3 Å². The summed E-state index contributed by atoms with van der Waals surface area (Å²) in [6.07, 6.45) is 0. The van der Waals surface area contributed by atoms with E-state index in [1.807, 2.05) is 30.0 Å². The summed E-state index contributed by atoms with van der Waals surface area (Å²) in [6, 6.07) is 17.0. The Morgan fingerprint density at radius 1 is 0.878 bits per heavy atom. The minimum Gasteiger partial charge on any atom is -0.462 e. The molecule has 0 unspecified atom stereocenters. The summed E-state index contributed by atoms with van der Waals surface area (Å²) in [4.78, 5) is 43.9. The van der Waals surface area contributed by atoms with Crippen LogP contribution in [0.15, 0.2) is 71.5 Å². The number of hydrogen-bond donors (Lipinski definition) is 0. The van der Waals surface area contributed by atoms with Crippen molar-refractivity contribution in [3.63, 3.8) is 0 Å². The lowest BCUT2D eigenvalue weighted by Gasteiger charge is -2.37. The molecule has 1 aromatic heterocycles. The number of fused-ring (bicyclic) bond motifs is 1. The Morgan fingerprint density at radius 3 is 2.10 bits per heavy atom. The first kappa shape index (κ1) is 29.5. The Kier molecular flexibility index (Phi) is 8.86. The number of esters is 1. The number of ether oxygens (including phenoxy) is 1. The zero-order valence-electron chi connectivity index (χ0n) is 22.3. The number of aromatic nitrogens is 1. The molecule has 1 aliphatic rings. The largest absolute Gasteiger partial charge is 0.462 e. The van der Waals surface area contributed by atoms with E-state index in [0.29, 0.717) is 53.9 Å². The zero-order valence-corrected chi connectivity index (χ0v) is 22.3. The Morgan fingerprint density at radius 2 is 1.49 bits per heavy atom. The highest BCUT2D eigenvalue weighted by atomic mass is 19.1. The smallest absolute Gasteiger partial charge is 0.345 e. The van der Waals surface area contributed by atoms with Crippen LogP contribution in [-0.4, -0.2) is 54.1 Å². The van der Waals surface area contributed by atoms with Crippen molar-refractivity contribution in [2.45, 2.75) is 27.8 Å². The molecule has 214 valence electrons. The van der Waals surface area contributed by atoms with Gasteiger partial charge in [-0.05, 0) is 67.9 Å². The summed E-state index contributed by atoms with van der Waals surface area (Å²) in [5, 5.41) is 0.711. The number of benzene rings is 3. The first-order valence-corrected chi connectivity index (χ1v) is 13.2. The van der Waals surface area contributed by atoms with Gasteiger partial charge in [-0.25, -0.2) is 13.6 Å². The van der Waals surface area contributed by atoms with Crippen LogP contribution in [0.25, 0.3) is 10.9 Å². The van der Waals surface area contributed by atoms with Gasteiger partial charge >= 0.3 is 5.97 Å². The van der Waals surface area contributed by atoms with Gasteiger partial charge in [0.1, 0.15) is 17.2 Å². The van der Waals surface area contributed by atoms with Gasteiger partial charge in [0, 0.05) is 37.1 Å². The second-order valence-electron chi connectivity index (χ2n) is 9.77. The molecule has 1 amide bonds. The molecule has 7 nitrogen and oxygen atoms in total. The molecule has 41 heavy (non-hydrogen) atoms. The number of aryl methyl sites for hydroxylation is 1. The Bertz CT molecular complexity index is 1620. The molecule has 3 aromatic carbocycles. The van der Waals surface area contributed by atoms with Gasteiger partial charge in [-0.1, -0.05) is 31.2 Å². The second kappa shape index (κ2) is 12.3. The number of carbonyl (C=O) groups is 2. The van der Waals surface area contributed by atoms with E-state index in [9.17, 15) is 23.2 Å². The van der Waals surface area contributed by atoms with E-state index in [1.54, 1.807) is 24.0 Å². The summed E-state index contributed by atoms with van der Waals surface area (Å²) in [7, 11) is 0. The maximum atomic E-state index is 14.0. The number of anilines is 1. The number of halogens is 2. The van der Waals surface area contributed by atoms with Gasteiger partial charge < -0.3 is 19.1 Å². The van der Waals surface area contributed by atoms with Crippen molar-refractivity contribution in [3.8, 4) is 0 Å². The van der Waals surface area contributed by atoms with Gasteiger partial charge in [-0.15, -0.1) is 0 Å². The van der Waals surface area contributed by atoms with E-state index >= 15 is 0 Å². The van der Waals surface area contributed by atoms with E-state index in [2.05, 4.69) is 0 Å². The number of nitrogens with zero attached hydrogens (tertiary/aromatic N) is 3. The normalized spacial score (nSPS) is 13.2. The van der Waals surface area contributed by atoms with Crippen molar-refractivity contribution >= 4 is 28.5 Å². The third-order valence-electron chi connectivity index (χ3n) is 7.10. The van der Waals surface area contributed by atoms with Gasteiger partial charge in [-0.3, -0.25) is 9.59 Å². The zero-order chi connectivity index (χ0) is 28.4. The SMILES string of the molecule is C.CCOC(=O)c1c(N2CCN(C(=O)c3ccc(F)cc3)CC2)c2cc(C)ccc2n(Cc2ccc(F)cc2)c1=O. The molecular formula is C32H33F2N3O4. The van der Waals surface area contributed by atoms with E-state index < -0.39 is 17.3 Å². The van der Waals surface area contributed by atoms with Crippen LogP contribution < -0.4 is 10.5 Å². The number of pyridine rings is 1. The molecule has 1 saturated heterocycles. The van der Waals surface area contributed by atoms with Gasteiger partial charge in [0.2, 0.25) is 0 Å². The molecule has 0 N–H and O–H groups in total. The molecule has 0 bridgehead atoms. The Hall–Kier alpha value is -4.53. The topological polar surface area (TPSA) is 71.8 Å². The molecule has 4 aromatic rings. The monoisotopic (exact) mass is 561 g/mol. The predicted molar refractivity (Wildman–Crippen MR) is 156 cm³/mol. The van der Waals surface area contributed by atoms with E-state index in [0.717, 1.165) is 5.56 Å². The molecule has 5 rings (SSSR count). The van der Waals surface area contributed by atoms with Crippen LogP contribution >= 0.6 is 0 Å². The lowest BCUT2D eigenvalue weighted by Crippen LogP contribution is -2.49. The summed E-state index contributed by atoms with van der Waals surface area (Å²) >= 11 is 0. The lowest BCUT2D eigenvalue weighted by molar-refractivity contribution is 0.0523. The fourth-order valence-electron chi connectivity index (χ4n) is 5.11. The van der Waals surface area contributed by atoms with Crippen molar-refractivity contribution in [1.29, 1.82) is 0 Å². The summed E-state index contributed by atoms with van der Waals surface area (Å²) in [5.74, 6) is -1.72. The second-order valence-corrected chi connectivity index (χ2v) is 9.77. The third kappa shape index (κ3) is 5.99. The third-order valence-corrected chi connectivity index (χ3v) is 7.10. The molecule has 0 radical (unpaired) electrons. The highest BCUT2D eigenvalue weighted by Gasteiger charge is 2.30. The van der Waals surface area contributed by atoms with E-state index in [4.69, 9.17) is 4.74 Å². The maximum absolute atomic E-state index is 14.0. The number of amides is 1. The molecule has 1 fully saturated rings. The van der Waals surface area contributed by atoms with E-state index in [1.165, 1.54) is 41.0 Å². The van der Waals surface area contributed by atoms with Crippen molar-refractivity contribution in [3.05, 3.63) is 111 Å². The Labute approximate surface area is 237 Å². The predicted octanol–water partition coefficient (Wildman–Crippen LogP) is 5.41. The van der Waals surface area contributed by atoms with Crippen molar-refractivity contribution in [1.82, 2.24) is 9.47 Å². The molecule has 0 spiro atoms. The summed E-state index contributed by atoms with van der Waals surface area (Å²) in [6.45, 7) is 5.32. The molecule has 0 atom stereocenters. The van der Waals surface area contributed by atoms with Crippen molar-refractivity contribution in [2.75, 3.05) is 37.7 Å². The standard InChI is InChI=1S/C31H29F2N3O4.CH4/c1-3-40-31(39)27-28(34-14-16-35(17-15-34)29(37)22-7-11-24(33)12-8-22)25-18-20(2)4-13-26(25)36(30(27)38)19-21-5-9-23(32)10-6-21;/h4-13,18H,3,14-17,19H2,1-2H3;1H4. The van der Waals surface area contributed by atoms with E-state index in [-0.39, 0.29) is 37.9 Å². The number of carbonyl (C=O) groups excluding carboxylic acids is 2. The summed E-state index contributed by atoms with van der Waals surface area (Å²) in [5.41, 5.74) is 2.59. The highest BCUT2D eigenvalue weighted by Crippen LogP contribution is 2.32. The molecule has 0 aliphatic carbocycles. The van der Waals surface area contributed by atoms with Crippen LogP contribution in [0, 0.1) is 18.6 Å². The fraction of sp³-hybridized carbons (Fsp3) is 0.281. The fourth-order valence-corrected chi connectivity index (χ4v) is 5.11. The van der Waals surface area contributed by atoms with Crippen LogP contribution in [0.3, 0.4) is 0 Å². The molecule has 9 heteroatoms.